The van der Waals surface area contributed by atoms with Crippen LogP contribution in [0.15, 0.2) is 36.4 Å². The van der Waals surface area contributed by atoms with Gasteiger partial charge in [0.1, 0.15) is 11.5 Å². The molecule has 0 spiro atoms. The summed E-state index contributed by atoms with van der Waals surface area (Å²) < 4.78 is 5.45. The second kappa shape index (κ2) is 5.49. The third kappa shape index (κ3) is 3.29. The Kier molecular flexibility index (Phi) is 3.77. The van der Waals surface area contributed by atoms with E-state index in [4.69, 9.17) is 16.2 Å². The number of aromatic hydroxyl groups is 2. The summed E-state index contributed by atoms with van der Waals surface area (Å²) in [5.74, 6) is 0.261. The maximum atomic E-state index is 9.63. The average molecular weight is 260 g/mol. The molecule has 0 aliphatic rings. The van der Waals surface area contributed by atoms with E-state index in [-0.39, 0.29) is 24.7 Å². The van der Waals surface area contributed by atoms with Crippen molar-refractivity contribution in [3.63, 3.8) is 0 Å². The molecule has 2 aromatic rings. The van der Waals surface area contributed by atoms with Crippen LogP contribution in [0.4, 0.5) is 11.4 Å². The van der Waals surface area contributed by atoms with Gasteiger partial charge >= 0.3 is 0 Å². The van der Waals surface area contributed by atoms with Gasteiger partial charge in [-0.15, -0.1) is 0 Å². The summed E-state index contributed by atoms with van der Waals surface area (Å²) in [7, 11) is 0. The standard InChI is InChI=1S/C14H16N2O3/c15-11-1-3-13(17)9(5-11)7-19-8-10-6-12(16)2-4-14(10)18/h1-6,17-18H,7-8,15-16H2. The first kappa shape index (κ1) is 13.0. The van der Waals surface area contributed by atoms with Gasteiger partial charge in [-0.1, -0.05) is 0 Å². The Morgan fingerprint density at radius 3 is 1.63 bits per heavy atom. The molecule has 0 bridgehead atoms. The molecular weight excluding hydrogens is 244 g/mol. The van der Waals surface area contributed by atoms with Gasteiger partial charge < -0.3 is 26.4 Å². The third-order valence-electron chi connectivity index (χ3n) is 2.72. The molecule has 2 rings (SSSR count). The van der Waals surface area contributed by atoms with Crippen molar-refractivity contribution in [3.05, 3.63) is 47.5 Å². The van der Waals surface area contributed by atoms with Crippen LogP contribution in [0.25, 0.3) is 0 Å². The van der Waals surface area contributed by atoms with Crippen LogP contribution in [0.5, 0.6) is 11.5 Å². The molecule has 0 saturated carbocycles. The Morgan fingerprint density at radius 1 is 0.789 bits per heavy atom. The van der Waals surface area contributed by atoms with Crippen LogP contribution in [-0.2, 0) is 18.0 Å². The Morgan fingerprint density at radius 2 is 1.21 bits per heavy atom. The molecule has 0 unspecified atom stereocenters. The van der Waals surface area contributed by atoms with E-state index in [0.717, 1.165) is 0 Å². The van der Waals surface area contributed by atoms with Crippen LogP contribution >= 0.6 is 0 Å². The molecule has 0 aromatic heterocycles. The maximum Gasteiger partial charge on any atom is 0.121 e. The van der Waals surface area contributed by atoms with Crippen LogP contribution in [0.3, 0.4) is 0 Å². The number of nitrogens with two attached hydrogens (primary N) is 2. The molecule has 0 aliphatic heterocycles. The van der Waals surface area contributed by atoms with Crippen molar-refractivity contribution in [2.75, 3.05) is 11.5 Å². The van der Waals surface area contributed by atoms with Gasteiger partial charge in [0, 0.05) is 22.5 Å². The molecule has 2 aromatic carbocycles. The van der Waals surface area contributed by atoms with Crippen molar-refractivity contribution in [1.82, 2.24) is 0 Å². The second-order valence-corrected chi connectivity index (χ2v) is 4.27. The minimum Gasteiger partial charge on any atom is -0.508 e. The Labute approximate surface area is 111 Å². The molecular formula is C14H16N2O3. The number of phenolic OH excluding ortho intramolecular Hbond substituents is 2. The fourth-order valence-corrected chi connectivity index (χ4v) is 1.71. The zero-order valence-corrected chi connectivity index (χ0v) is 10.3. The van der Waals surface area contributed by atoms with Crippen molar-refractivity contribution in [2.24, 2.45) is 0 Å². The molecule has 19 heavy (non-hydrogen) atoms. The zero-order chi connectivity index (χ0) is 13.8. The molecule has 0 atom stereocenters. The summed E-state index contributed by atoms with van der Waals surface area (Å²) in [6.07, 6.45) is 0. The molecule has 5 heteroatoms. The normalized spacial score (nSPS) is 10.5. The van der Waals surface area contributed by atoms with Crippen molar-refractivity contribution in [3.8, 4) is 11.5 Å². The van der Waals surface area contributed by atoms with Crippen molar-refractivity contribution in [1.29, 1.82) is 0 Å². The van der Waals surface area contributed by atoms with E-state index < -0.39 is 0 Å². The number of anilines is 2. The number of ether oxygens (including phenoxy) is 1. The number of nitrogen functional groups attached to an aromatic ring is 2. The lowest BCUT2D eigenvalue weighted by Gasteiger charge is -2.09. The second-order valence-electron chi connectivity index (χ2n) is 4.27. The highest BCUT2D eigenvalue weighted by Crippen LogP contribution is 2.23. The van der Waals surface area contributed by atoms with Gasteiger partial charge in [0.15, 0.2) is 0 Å². The van der Waals surface area contributed by atoms with Gasteiger partial charge in [0.05, 0.1) is 13.2 Å². The lowest BCUT2D eigenvalue weighted by atomic mass is 10.2. The number of hydrogen-bond acceptors (Lipinski definition) is 5. The van der Waals surface area contributed by atoms with E-state index in [1.165, 1.54) is 12.1 Å². The summed E-state index contributed by atoms with van der Waals surface area (Å²) in [4.78, 5) is 0. The predicted molar refractivity (Wildman–Crippen MR) is 73.5 cm³/mol. The maximum absolute atomic E-state index is 9.63. The van der Waals surface area contributed by atoms with Gasteiger partial charge in [0.2, 0.25) is 0 Å². The number of benzene rings is 2. The van der Waals surface area contributed by atoms with Crippen molar-refractivity contribution >= 4 is 11.4 Å². The van der Waals surface area contributed by atoms with Gasteiger partial charge in [-0.3, -0.25) is 0 Å². The molecule has 0 heterocycles. The Balaban J connectivity index is 2.00. The zero-order valence-electron chi connectivity index (χ0n) is 10.3. The fourth-order valence-electron chi connectivity index (χ4n) is 1.71. The number of rotatable bonds is 4. The van der Waals surface area contributed by atoms with Gasteiger partial charge in [-0.25, -0.2) is 0 Å². The fraction of sp³-hybridized carbons (Fsp3) is 0.143. The highest BCUT2D eigenvalue weighted by atomic mass is 16.5. The average Bonchev–Trinajstić information content (AvgIpc) is 2.38. The molecule has 0 radical (unpaired) electrons. The number of phenols is 2. The van der Waals surface area contributed by atoms with E-state index in [2.05, 4.69) is 0 Å². The van der Waals surface area contributed by atoms with Crippen LogP contribution in [0, 0.1) is 0 Å². The molecule has 0 amide bonds. The highest BCUT2D eigenvalue weighted by molar-refractivity contribution is 5.48. The molecule has 0 fully saturated rings. The van der Waals surface area contributed by atoms with E-state index >= 15 is 0 Å². The Bertz CT molecular complexity index is 533. The highest BCUT2D eigenvalue weighted by Gasteiger charge is 2.05. The predicted octanol–water partition coefficient (Wildman–Crippen LogP) is 1.98. The summed E-state index contributed by atoms with van der Waals surface area (Å²) in [5.41, 5.74) is 13.6. The molecule has 6 N–H and O–H groups in total. The third-order valence-corrected chi connectivity index (χ3v) is 2.72. The summed E-state index contributed by atoms with van der Waals surface area (Å²) in [6.45, 7) is 0.399. The van der Waals surface area contributed by atoms with Gasteiger partial charge in [-0.2, -0.15) is 0 Å². The monoisotopic (exact) mass is 260 g/mol. The van der Waals surface area contributed by atoms with Crippen LogP contribution in [0.2, 0.25) is 0 Å². The van der Waals surface area contributed by atoms with Gasteiger partial charge in [-0.05, 0) is 36.4 Å². The first-order valence-electron chi connectivity index (χ1n) is 5.79. The minimum absolute atomic E-state index is 0.131. The lowest BCUT2D eigenvalue weighted by molar-refractivity contribution is 0.104. The quantitative estimate of drug-likeness (QED) is 0.497. The summed E-state index contributed by atoms with van der Waals surface area (Å²) in [6, 6.07) is 9.56. The van der Waals surface area contributed by atoms with E-state index in [1.807, 2.05) is 0 Å². The molecule has 0 saturated heterocycles. The van der Waals surface area contributed by atoms with Crippen LogP contribution in [0.1, 0.15) is 11.1 Å². The molecule has 5 nitrogen and oxygen atoms in total. The SMILES string of the molecule is Nc1ccc(O)c(COCc2cc(N)ccc2O)c1. The largest absolute Gasteiger partial charge is 0.508 e. The number of hydrogen-bond donors (Lipinski definition) is 4. The molecule has 100 valence electrons. The van der Waals surface area contributed by atoms with Crippen molar-refractivity contribution in [2.45, 2.75) is 13.2 Å². The lowest BCUT2D eigenvalue weighted by Crippen LogP contribution is -1.97. The van der Waals surface area contributed by atoms with Gasteiger partial charge in [0.25, 0.3) is 0 Å². The molecule has 0 aliphatic carbocycles. The summed E-state index contributed by atoms with van der Waals surface area (Å²) >= 11 is 0. The smallest absolute Gasteiger partial charge is 0.121 e. The van der Waals surface area contributed by atoms with Crippen LogP contribution < -0.4 is 11.5 Å². The van der Waals surface area contributed by atoms with E-state index in [9.17, 15) is 10.2 Å². The first-order chi connectivity index (χ1) is 9.06. The van der Waals surface area contributed by atoms with E-state index in [0.29, 0.717) is 22.5 Å². The topological polar surface area (TPSA) is 102 Å². The van der Waals surface area contributed by atoms with Crippen LogP contribution in [-0.4, -0.2) is 10.2 Å². The Hall–Kier alpha value is -2.40. The summed E-state index contributed by atoms with van der Waals surface area (Å²) in [5, 5.41) is 19.3. The van der Waals surface area contributed by atoms with Crippen molar-refractivity contribution < 1.29 is 14.9 Å². The minimum atomic E-state index is 0.131. The van der Waals surface area contributed by atoms with E-state index in [1.54, 1.807) is 24.3 Å². The first-order valence-corrected chi connectivity index (χ1v) is 5.79.